The molecule has 3 N–H and O–H groups in total. The molecule has 8 heteroatoms. The highest BCUT2D eigenvalue weighted by Gasteiger charge is 2.31. The summed E-state index contributed by atoms with van der Waals surface area (Å²) in [5.74, 6) is -1.00. The number of benzene rings is 1. The standard InChI is InChI=1S/C19H27N3O5/c1-12(2)27-18(23)11-16(15-8-3-4-9-17(15)22(25)26)21-19(24)13-6-5-7-14(20)10-13/h3-4,8-9,12-14,16H,5-7,10-11,20H2,1-2H3,(H,21,24). The number of nitro benzene ring substituents is 1. The number of hydrogen-bond acceptors (Lipinski definition) is 6. The molecule has 148 valence electrons. The Kier molecular flexibility index (Phi) is 7.29. The molecule has 1 saturated carbocycles. The zero-order valence-electron chi connectivity index (χ0n) is 15.7. The third-order valence-corrected chi connectivity index (χ3v) is 4.65. The second-order valence-electron chi connectivity index (χ2n) is 7.24. The van der Waals surface area contributed by atoms with Crippen molar-refractivity contribution in [2.45, 2.75) is 64.1 Å². The molecular weight excluding hydrogens is 350 g/mol. The summed E-state index contributed by atoms with van der Waals surface area (Å²) in [5, 5.41) is 14.2. The number of carbonyl (C=O) groups is 2. The van der Waals surface area contributed by atoms with Crippen molar-refractivity contribution in [1.29, 1.82) is 0 Å². The first-order chi connectivity index (χ1) is 12.8. The maximum absolute atomic E-state index is 12.7. The number of nitrogens with two attached hydrogens (primary N) is 1. The normalized spacial score (nSPS) is 20.7. The van der Waals surface area contributed by atoms with E-state index in [-0.39, 0.29) is 41.6 Å². The second-order valence-corrected chi connectivity index (χ2v) is 7.24. The number of ether oxygens (including phenoxy) is 1. The van der Waals surface area contributed by atoms with Crippen LogP contribution in [0.5, 0.6) is 0 Å². The van der Waals surface area contributed by atoms with Crippen LogP contribution >= 0.6 is 0 Å². The number of nitrogens with zero attached hydrogens (tertiary/aromatic N) is 1. The van der Waals surface area contributed by atoms with Gasteiger partial charge in [-0.1, -0.05) is 24.6 Å². The van der Waals surface area contributed by atoms with E-state index < -0.39 is 16.9 Å². The second kappa shape index (κ2) is 9.45. The van der Waals surface area contributed by atoms with Gasteiger partial charge in [0.1, 0.15) is 0 Å². The Hall–Kier alpha value is -2.48. The summed E-state index contributed by atoms with van der Waals surface area (Å²) in [6.07, 6.45) is 2.57. The fourth-order valence-corrected chi connectivity index (χ4v) is 3.42. The van der Waals surface area contributed by atoms with Crippen LogP contribution in [0.1, 0.15) is 57.6 Å². The van der Waals surface area contributed by atoms with Crippen molar-refractivity contribution < 1.29 is 19.2 Å². The molecule has 8 nitrogen and oxygen atoms in total. The van der Waals surface area contributed by atoms with Crippen molar-refractivity contribution in [3.63, 3.8) is 0 Å². The Morgan fingerprint density at radius 3 is 2.67 bits per heavy atom. The van der Waals surface area contributed by atoms with Gasteiger partial charge in [-0.25, -0.2) is 0 Å². The minimum absolute atomic E-state index is 0.0232. The molecular formula is C19H27N3O5. The lowest BCUT2D eigenvalue weighted by atomic mass is 9.85. The molecule has 2 rings (SSSR count). The smallest absolute Gasteiger partial charge is 0.308 e. The predicted molar refractivity (Wildman–Crippen MR) is 99.8 cm³/mol. The minimum atomic E-state index is -0.830. The molecule has 0 spiro atoms. The number of rotatable bonds is 7. The minimum Gasteiger partial charge on any atom is -0.463 e. The summed E-state index contributed by atoms with van der Waals surface area (Å²) in [6.45, 7) is 3.44. The lowest BCUT2D eigenvalue weighted by molar-refractivity contribution is -0.385. The highest BCUT2D eigenvalue weighted by atomic mass is 16.6. The molecule has 3 atom stereocenters. The van der Waals surface area contributed by atoms with E-state index in [2.05, 4.69) is 5.32 Å². The zero-order valence-corrected chi connectivity index (χ0v) is 15.7. The van der Waals surface area contributed by atoms with Crippen LogP contribution in [0.3, 0.4) is 0 Å². The summed E-state index contributed by atoms with van der Waals surface area (Å²) < 4.78 is 5.17. The van der Waals surface area contributed by atoms with Gasteiger partial charge in [-0.15, -0.1) is 0 Å². The molecule has 0 bridgehead atoms. The van der Waals surface area contributed by atoms with E-state index in [1.165, 1.54) is 6.07 Å². The molecule has 1 aromatic carbocycles. The molecule has 1 fully saturated rings. The molecule has 0 radical (unpaired) electrons. The quantitative estimate of drug-likeness (QED) is 0.427. The lowest BCUT2D eigenvalue weighted by Gasteiger charge is -2.28. The highest BCUT2D eigenvalue weighted by Crippen LogP contribution is 2.29. The third kappa shape index (κ3) is 6.02. The van der Waals surface area contributed by atoms with E-state index in [1.807, 2.05) is 0 Å². The van der Waals surface area contributed by atoms with Gasteiger partial charge in [0.05, 0.1) is 29.1 Å². The molecule has 3 unspecified atom stereocenters. The SMILES string of the molecule is CC(C)OC(=O)CC(NC(=O)C1CCCC(N)C1)c1ccccc1[N+](=O)[O-]. The molecule has 1 amide bonds. The summed E-state index contributed by atoms with van der Waals surface area (Å²) in [7, 11) is 0. The van der Waals surface area contributed by atoms with Gasteiger partial charge in [0.25, 0.3) is 5.69 Å². The first-order valence-corrected chi connectivity index (χ1v) is 9.26. The molecule has 27 heavy (non-hydrogen) atoms. The Morgan fingerprint density at radius 2 is 2.04 bits per heavy atom. The molecule has 0 aromatic heterocycles. The number of para-hydroxylation sites is 1. The van der Waals surface area contributed by atoms with Gasteiger partial charge in [-0.05, 0) is 33.1 Å². The van der Waals surface area contributed by atoms with E-state index >= 15 is 0 Å². The van der Waals surface area contributed by atoms with E-state index in [0.29, 0.717) is 6.42 Å². The molecule has 1 aliphatic carbocycles. The van der Waals surface area contributed by atoms with E-state index in [1.54, 1.807) is 32.0 Å². The van der Waals surface area contributed by atoms with Crippen LogP contribution < -0.4 is 11.1 Å². The van der Waals surface area contributed by atoms with Gasteiger partial charge in [0.2, 0.25) is 5.91 Å². The summed E-state index contributed by atoms with van der Waals surface area (Å²) in [5.41, 5.74) is 6.11. The fourth-order valence-electron chi connectivity index (χ4n) is 3.42. The van der Waals surface area contributed by atoms with Gasteiger partial charge in [-0.3, -0.25) is 19.7 Å². The summed E-state index contributed by atoms with van der Waals surface area (Å²) in [6, 6.07) is 5.25. The summed E-state index contributed by atoms with van der Waals surface area (Å²) >= 11 is 0. The van der Waals surface area contributed by atoms with Crippen LogP contribution in [0, 0.1) is 16.0 Å². The van der Waals surface area contributed by atoms with Crippen LogP contribution in [-0.2, 0) is 14.3 Å². The lowest BCUT2D eigenvalue weighted by Crippen LogP contribution is -2.40. The van der Waals surface area contributed by atoms with Gasteiger partial charge >= 0.3 is 5.97 Å². The fraction of sp³-hybridized carbons (Fsp3) is 0.579. The van der Waals surface area contributed by atoms with Crippen molar-refractivity contribution in [2.75, 3.05) is 0 Å². The Labute approximate surface area is 158 Å². The average Bonchev–Trinajstić information content (AvgIpc) is 2.60. The maximum Gasteiger partial charge on any atom is 0.308 e. The monoisotopic (exact) mass is 377 g/mol. The van der Waals surface area contributed by atoms with Gasteiger partial charge < -0.3 is 15.8 Å². The number of amides is 1. The predicted octanol–water partition coefficient (Wildman–Crippen LogP) is 2.61. The molecule has 1 aromatic rings. The van der Waals surface area contributed by atoms with Crippen molar-refractivity contribution in [3.8, 4) is 0 Å². The zero-order chi connectivity index (χ0) is 20.0. The van der Waals surface area contributed by atoms with Crippen molar-refractivity contribution in [3.05, 3.63) is 39.9 Å². The van der Waals surface area contributed by atoms with Crippen LogP contribution in [0.2, 0.25) is 0 Å². The topological polar surface area (TPSA) is 125 Å². The number of carbonyl (C=O) groups excluding carboxylic acids is 2. The Morgan fingerprint density at radius 1 is 1.33 bits per heavy atom. The van der Waals surface area contributed by atoms with Crippen molar-refractivity contribution in [2.24, 2.45) is 11.7 Å². The number of nitro groups is 1. The van der Waals surface area contributed by atoms with E-state index in [4.69, 9.17) is 10.5 Å². The molecule has 0 heterocycles. The number of hydrogen-bond donors (Lipinski definition) is 2. The summed E-state index contributed by atoms with van der Waals surface area (Å²) in [4.78, 5) is 35.8. The van der Waals surface area contributed by atoms with Crippen LogP contribution in [0.15, 0.2) is 24.3 Å². The van der Waals surface area contributed by atoms with Gasteiger partial charge in [-0.2, -0.15) is 0 Å². The number of nitrogens with one attached hydrogen (secondary N) is 1. The van der Waals surface area contributed by atoms with Gasteiger partial charge in [0.15, 0.2) is 0 Å². The maximum atomic E-state index is 12.7. The largest absolute Gasteiger partial charge is 0.463 e. The van der Waals surface area contributed by atoms with Crippen LogP contribution in [-0.4, -0.2) is 28.9 Å². The van der Waals surface area contributed by atoms with Crippen LogP contribution in [0.4, 0.5) is 5.69 Å². The van der Waals surface area contributed by atoms with Gasteiger partial charge in [0, 0.05) is 18.0 Å². The van der Waals surface area contributed by atoms with E-state index in [0.717, 1.165) is 19.3 Å². The third-order valence-electron chi connectivity index (χ3n) is 4.65. The Bertz CT molecular complexity index is 692. The average molecular weight is 377 g/mol. The molecule has 0 saturated heterocycles. The molecule has 1 aliphatic rings. The van der Waals surface area contributed by atoms with E-state index in [9.17, 15) is 19.7 Å². The molecule has 0 aliphatic heterocycles. The first-order valence-electron chi connectivity index (χ1n) is 9.26. The number of esters is 1. The van der Waals surface area contributed by atoms with Crippen LogP contribution in [0.25, 0.3) is 0 Å². The highest BCUT2D eigenvalue weighted by molar-refractivity contribution is 5.80. The first kappa shape index (κ1) is 20.8. The Balaban J connectivity index is 2.23. The van der Waals surface area contributed by atoms with Crippen molar-refractivity contribution >= 4 is 17.6 Å². The van der Waals surface area contributed by atoms with Crippen molar-refractivity contribution in [1.82, 2.24) is 5.32 Å².